The Morgan fingerprint density at radius 1 is 1.15 bits per heavy atom. The minimum absolute atomic E-state index is 0.258. The van der Waals surface area contributed by atoms with Crippen LogP contribution in [0.4, 0.5) is 0 Å². The highest BCUT2D eigenvalue weighted by Gasteiger charge is 2.16. The van der Waals surface area contributed by atoms with E-state index < -0.39 is 5.97 Å². The number of rotatable bonds is 7. The second-order valence-corrected chi connectivity index (χ2v) is 6.48. The predicted molar refractivity (Wildman–Crippen MR) is 102 cm³/mol. The summed E-state index contributed by atoms with van der Waals surface area (Å²) >= 11 is 0. The Labute approximate surface area is 157 Å². The lowest BCUT2D eigenvalue weighted by atomic mass is 10.1. The first-order chi connectivity index (χ1) is 13.0. The van der Waals surface area contributed by atoms with Crippen molar-refractivity contribution in [3.8, 4) is 28.5 Å². The normalized spacial score (nSPS) is 11.0. The van der Waals surface area contributed by atoms with Crippen molar-refractivity contribution in [2.45, 2.75) is 13.1 Å². The van der Waals surface area contributed by atoms with Crippen LogP contribution in [-0.2, 0) is 17.9 Å². The first-order valence-electron chi connectivity index (χ1n) is 8.51. The van der Waals surface area contributed by atoms with Crippen molar-refractivity contribution in [3.05, 3.63) is 54.1 Å². The summed E-state index contributed by atoms with van der Waals surface area (Å²) < 4.78 is 6.59. The number of hydrogen-bond acceptors (Lipinski definition) is 5. The van der Waals surface area contributed by atoms with Crippen LogP contribution in [-0.4, -0.2) is 51.9 Å². The van der Waals surface area contributed by atoms with Gasteiger partial charge in [0.1, 0.15) is 12.3 Å². The number of benzene rings is 2. The summed E-state index contributed by atoms with van der Waals surface area (Å²) in [5, 5.41) is 13.7. The summed E-state index contributed by atoms with van der Waals surface area (Å²) in [6, 6.07) is 15.3. The average molecular weight is 366 g/mol. The van der Waals surface area contributed by atoms with Gasteiger partial charge in [-0.1, -0.05) is 18.2 Å². The van der Waals surface area contributed by atoms with Gasteiger partial charge in [-0.05, 0) is 50.0 Å². The number of carboxylic acid groups (broad SMARTS) is 1. The minimum Gasteiger partial charge on any atom is -0.497 e. The Hall–Kier alpha value is -3.19. The standard InChI is InChI=1S/C20H22N4O3/c1-23(2)12-14-5-4-6-16(11-14)19-21-20(24(22-19)13-18(25)26)15-7-9-17(27-3)10-8-15/h4-11H,12-13H2,1-3H3,(H,25,26). The number of carbonyl (C=O) groups is 1. The van der Waals surface area contributed by atoms with Crippen LogP contribution in [0.25, 0.3) is 22.8 Å². The Morgan fingerprint density at radius 3 is 2.52 bits per heavy atom. The Bertz CT molecular complexity index is 933. The molecule has 0 aliphatic rings. The van der Waals surface area contributed by atoms with Gasteiger partial charge in [-0.3, -0.25) is 4.79 Å². The number of nitrogens with zero attached hydrogens (tertiary/aromatic N) is 4. The van der Waals surface area contributed by atoms with Gasteiger partial charge >= 0.3 is 5.97 Å². The first-order valence-corrected chi connectivity index (χ1v) is 8.51. The molecule has 0 aliphatic heterocycles. The maximum atomic E-state index is 11.3. The number of hydrogen-bond donors (Lipinski definition) is 1. The molecule has 3 rings (SSSR count). The lowest BCUT2D eigenvalue weighted by molar-refractivity contribution is -0.137. The van der Waals surface area contributed by atoms with Crippen molar-refractivity contribution in [1.82, 2.24) is 19.7 Å². The zero-order chi connectivity index (χ0) is 19.4. The molecule has 0 saturated heterocycles. The highest BCUT2D eigenvalue weighted by Crippen LogP contribution is 2.25. The van der Waals surface area contributed by atoms with Gasteiger partial charge in [0.2, 0.25) is 0 Å². The molecule has 0 unspecified atom stereocenters. The SMILES string of the molecule is COc1ccc(-c2nc(-c3cccc(CN(C)C)c3)nn2CC(=O)O)cc1. The third-order valence-corrected chi connectivity index (χ3v) is 3.99. The fraction of sp³-hybridized carbons (Fsp3) is 0.250. The summed E-state index contributed by atoms with van der Waals surface area (Å²) in [4.78, 5) is 18.0. The highest BCUT2D eigenvalue weighted by molar-refractivity contribution is 5.69. The largest absolute Gasteiger partial charge is 0.497 e. The van der Waals surface area contributed by atoms with Gasteiger partial charge in [0.05, 0.1) is 7.11 Å². The Morgan fingerprint density at radius 2 is 1.89 bits per heavy atom. The van der Waals surface area contributed by atoms with Crippen LogP contribution in [0.2, 0.25) is 0 Å². The monoisotopic (exact) mass is 366 g/mol. The first kappa shape index (κ1) is 18.6. The minimum atomic E-state index is -0.970. The van der Waals surface area contributed by atoms with Crippen LogP contribution in [0.3, 0.4) is 0 Å². The Kier molecular flexibility index (Phi) is 5.52. The molecular formula is C20H22N4O3. The zero-order valence-corrected chi connectivity index (χ0v) is 15.6. The molecule has 0 radical (unpaired) electrons. The van der Waals surface area contributed by atoms with E-state index >= 15 is 0 Å². The topological polar surface area (TPSA) is 80.5 Å². The number of methoxy groups -OCH3 is 1. The van der Waals surface area contributed by atoms with Crippen molar-refractivity contribution in [3.63, 3.8) is 0 Å². The second kappa shape index (κ2) is 8.01. The maximum absolute atomic E-state index is 11.3. The van der Waals surface area contributed by atoms with Gasteiger partial charge in [0.15, 0.2) is 11.6 Å². The van der Waals surface area contributed by atoms with Gasteiger partial charge in [0.25, 0.3) is 0 Å². The van der Waals surface area contributed by atoms with E-state index in [0.717, 1.165) is 29.0 Å². The molecule has 0 fully saturated rings. The van der Waals surface area contributed by atoms with E-state index in [-0.39, 0.29) is 6.54 Å². The van der Waals surface area contributed by atoms with E-state index in [9.17, 15) is 9.90 Å². The van der Waals surface area contributed by atoms with Crippen molar-refractivity contribution in [2.24, 2.45) is 0 Å². The molecule has 0 saturated carbocycles. The number of ether oxygens (including phenoxy) is 1. The summed E-state index contributed by atoms with van der Waals surface area (Å²) in [5.74, 6) is 0.762. The summed E-state index contributed by atoms with van der Waals surface area (Å²) in [5.41, 5.74) is 2.77. The quantitative estimate of drug-likeness (QED) is 0.693. The number of aliphatic carboxylic acids is 1. The third kappa shape index (κ3) is 4.51. The van der Waals surface area contributed by atoms with Crippen molar-refractivity contribution >= 4 is 5.97 Å². The van der Waals surface area contributed by atoms with Crippen LogP contribution < -0.4 is 4.74 Å². The maximum Gasteiger partial charge on any atom is 0.325 e. The third-order valence-electron chi connectivity index (χ3n) is 3.99. The smallest absolute Gasteiger partial charge is 0.325 e. The molecule has 7 heteroatoms. The average Bonchev–Trinajstić information content (AvgIpc) is 3.04. The van der Waals surface area contributed by atoms with Gasteiger partial charge < -0.3 is 14.7 Å². The molecule has 0 spiro atoms. The lowest BCUT2D eigenvalue weighted by Gasteiger charge is -2.09. The van der Waals surface area contributed by atoms with Gasteiger partial charge in [-0.2, -0.15) is 0 Å². The Balaban J connectivity index is 2.02. The lowest BCUT2D eigenvalue weighted by Crippen LogP contribution is -2.11. The summed E-state index contributed by atoms with van der Waals surface area (Å²) in [6.07, 6.45) is 0. The molecule has 0 atom stereocenters. The van der Waals surface area contributed by atoms with Crippen LogP contribution in [0.5, 0.6) is 5.75 Å². The van der Waals surface area contributed by atoms with Gasteiger partial charge in [-0.25, -0.2) is 9.67 Å². The van der Waals surface area contributed by atoms with Gasteiger partial charge in [-0.15, -0.1) is 5.10 Å². The molecule has 27 heavy (non-hydrogen) atoms. The van der Waals surface area contributed by atoms with Crippen LogP contribution >= 0.6 is 0 Å². The second-order valence-electron chi connectivity index (χ2n) is 6.48. The van der Waals surface area contributed by atoms with E-state index in [0.29, 0.717) is 11.6 Å². The molecule has 2 aromatic carbocycles. The molecule has 0 aliphatic carbocycles. The van der Waals surface area contributed by atoms with Crippen molar-refractivity contribution < 1.29 is 14.6 Å². The molecular weight excluding hydrogens is 344 g/mol. The van der Waals surface area contributed by atoms with E-state index in [4.69, 9.17) is 4.74 Å². The molecule has 140 valence electrons. The van der Waals surface area contributed by atoms with Crippen LogP contribution in [0, 0.1) is 0 Å². The van der Waals surface area contributed by atoms with Gasteiger partial charge in [0, 0.05) is 17.7 Å². The van der Waals surface area contributed by atoms with Crippen molar-refractivity contribution in [1.29, 1.82) is 0 Å². The van der Waals surface area contributed by atoms with Crippen LogP contribution in [0.1, 0.15) is 5.56 Å². The molecule has 7 nitrogen and oxygen atoms in total. The van der Waals surface area contributed by atoms with Crippen molar-refractivity contribution in [2.75, 3.05) is 21.2 Å². The summed E-state index contributed by atoms with van der Waals surface area (Å²) in [6.45, 7) is 0.542. The molecule has 1 heterocycles. The van der Waals surface area contributed by atoms with E-state index in [2.05, 4.69) is 15.0 Å². The predicted octanol–water partition coefficient (Wildman–Crippen LogP) is 2.77. The fourth-order valence-electron chi connectivity index (χ4n) is 2.83. The highest BCUT2D eigenvalue weighted by atomic mass is 16.5. The van der Waals surface area contributed by atoms with E-state index in [1.54, 1.807) is 7.11 Å². The van der Waals surface area contributed by atoms with Crippen LogP contribution in [0.15, 0.2) is 48.5 Å². The molecule has 0 bridgehead atoms. The zero-order valence-electron chi connectivity index (χ0n) is 15.6. The number of aromatic nitrogens is 3. The number of carboxylic acids is 1. The molecule has 0 amide bonds. The fourth-order valence-corrected chi connectivity index (χ4v) is 2.83. The molecule has 3 aromatic rings. The van der Waals surface area contributed by atoms with E-state index in [1.165, 1.54) is 4.68 Å². The molecule has 1 N–H and O–H groups in total. The van der Waals surface area contributed by atoms with E-state index in [1.807, 2.05) is 62.6 Å². The molecule has 1 aromatic heterocycles. The summed E-state index contributed by atoms with van der Waals surface area (Å²) in [7, 11) is 5.61.